The van der Waals surface area contributed by atoms with Gasteiger partial charge < -0.3 is 14.9 Å². The predicted octanol–water partition coefficient (Wildman–Crippen LogP) is 1.89. The molecule has 4 nitrogen and oxygen atoms in total. The fraction of sp³-hybridized carbons (Fsp3) is 0.500. The van der Waals surface area contributed by atoms with Gasteiger partial charge in [0, 0.05) is 36.4 Å². The van der Waals surface area contributed by atoms with Crippen LogP contribution < -0.4 is 4.90 Å². The lowest BCUT2D eigenvalue weighted by Crippen LogP contribution is -2.37. The molecule has 1 amide bonds. The van der Waals surface area contributed by atoms with E-state index in [4.69, 9.17) is 11.6 Å². The molecule has 2 rings (SSSR count). The van der Waals surface area contributed by atoms with Crippen LogP contribution in [0.15, 0.2) is 18.2 Å². The summed E-state index contributed by atoms with van der Waals surface area (Å²) in [5.41, 5.74) is 1.48. The van der Waals surface area contributed by atoms with Crippen molar-refractivity contribution in [3.8, 4) is 0 Å². The third kappa shape index (κ3) is 3.19. The quantitative estimate of drug-likeness (QED) is 0.917. The number of aliphatic hydroxyl groups excluding tert-OH is 1. The summed E-state index contributed by atoms with van der Waals surface area (Å²) in [7, 11) is 1.85. The lowest BCUT2D eigenvalue weighted by atomic mass is 10.1. The van der Waals surface area contributed by atoms with Crippen molar-refractivity contribution in [3.05, 3.63) is 28.8 Å². The average Bonchev–Trinajstić information content (AvgIpc) is 2.92. The Morgan fingerprint density at radius 2 is 2.11 bits per heavy atom. The number of carbonyl (C=O) groups excluding carboxylic acids is 1. The van der Waals surface area contributed by atoms with Crippen molar-refractivity contribution in [2.75, 3.05) is 31.6 Å². The first-order valence-electron chi connectivity index (χ1n) is 6.50. The Hall–Kier alpha value is -1.26. The van der Waals surface area contributed by atoms with Crippen LogP contribution in [0.5, 0.6) is 0 Å². The fourth-order valence-corrected chi connectivity index (χ4v) is 2.65. The second kappa shape index (κ2) is 6.26. The van der Waals surface area contributed by atoms with Crippen LogP contribution in [0.3, 0.4) is 0 Å². The summed E-state index contributed by atoms with van der Waals surface area (Å²) in [6.45, 7) is 1.90. The van der Waals surface area contributed by atoms with E-state index in [1.165, 1.54) is 0 Å². The van der Waals surface area contributed by atoms with E-state index in [0.29, 0.717) is 17.1 Å². The zero-order valence-corrected chi connectivity index (χ0v) is 11.9. The Morgan fingerprint density at radius 1 is 1.42 bits per heavy atom. The molecule has 19 heavy (non-hydrogen) atoms. The van der Waals surface area contributed by atoms with E-state index in [1.54, 1.807) is 6.07 Å². The summed E-state index contributed by atoms with van der Waals surface area (Å²) in [6.07, 6.45) is 2.18. The smallest absolute Gasteiger partial charge is 0.242 e. The molecule has 1 N–H and O–H groups in total. The zero-order valence-electron chi connectivity index (χ0n) is 11.1. The average molecular weight is 283 g/mol. The first kappa shape index (κ1) is 14.2. The van der Waals surface area contributed by atoms with E-state index in [0.717, 1.165) is 31.6 Å². The van der Waals surface area contributed by atoms with Crippen LogP contribution in [0.25, 0.3) is 0 Å². The third-order valence-corrected chi connectivity index (χ3v) is 3.85. The van der Waals surface area contributed by atoms with Crippen LogP contribution in [0.2, 0.25) is 5.02 Å². The minimum Gasteiger partial charge on any atom is -0.392 e. The molecule has 1 fully saturated rings. The molecule has 0 aromatic heterocycles. The second-order valence-electron chi connectivity index (χ2n) is 4.84. The number of rotatable bonds is 4. The highest BCUT2D eigenvalue weighted by atomic mass is 35.5. The van der Waals surface area contributed by atoms with E-state index in [2.05, 4.69) is 0 Å². The molecular weight excluding hydrogens is 264 g/mol. The molecule has 1 heterocycles. The summed E-state index contributed by atoms with van der Waals surface area (Å²) < 4.78 is 0. The molecule has 5 heteroatoms. The molecule has 1 aliphatic rings. The van der Waals surface area contributed by atoms with Gasteiger partial charge in [0.1, 0.15) is 0 Å². The minimum atomic E-state index is -0.128. The molecule has 0 unspecified atom stereocenters. The van der Waals surface area contributed by atoms with Gasteiger partial charge in [-0.1, -0.05) is 17.7 Å². The van der Waals surface area contributed by atoms with Crippen molar-refractivity contribution in [2.45, 2.75) is 19.4 Å². The number of halogens is 1. The van der Waals surface area contributed by atoms with Crippen LogP contribution in [-0.2, 0) is 11.4 Å². The van der Waals surface area contributed by atoms with Gasteiger partial charge in [-0.15, -0.1) is 0 Å². The van der Waals surface area contributed by atoms with Crippen molar-refractivity contribution in [3.63, 3.8) is 0 Å². The lowest BCUT2D eigenvalue weighted by Gasteiger charge is -2.24. The van der Waals surface area contributed by atoms with Gasteiger partial charge in [0.05, 0.1) is 13.2 Å². The van der Waals surface area contributed by atoms with Crippen LogP contribution >= 0.6 is 11.6 Å². The molecular formula is C14H19ClN2O2. The molecule has 1 saturated heterocycles. The number of aliphatic hydroxyl groups is 1. The maximum Gasteiger partial charge on any atom is 0.242 e. The summed E-state index contributed by atoms with van der Waals surface area (Å²) in [5.74, 6) is 0.129. The molecule has 0 bridgehead atoms. The topological polar surface area (TPSA) is 43.8 Å². The number of amides is 1. The maximum absolute atomic E-state index is 12.1. The number of hydrogen-bond acceptors (Lipinski definition) is 3. The van der Waals surface area contributed by atoms with Crippen molar-refractivity contribution >= 4 is 23.2 Å². The van der Waals surface area contributed by atoms with Gasteiger partial charge >= 0.3 is 0 Å². The number of anilines is 1. The standard InChI is InChI=1S/C14H19ClN2O2/c1-16(9-14(19)17-7-2-3-8-17)13-6-4-5-12(15)11(13)10-18/h4-6,18H,2-3,7-10H2,1H3. The highest BCUT2D eigenvalue weighted by molar-refractivity contribution is 6.31. The van der Waals surface area contributed by atoms with E-state index < -0.39 is 0 Å². The third-order valence-electron chi connectivity index (χ3n) is 3.49. The monoisotopic (exact) mass is 282 g/mol. The van der Waals surface area contributed by atoms with Crippen molar-refractivity contribution < 1.29 is 9.90 Å². The Morgan fingerprint density at radius 3 is 2.74 bits per heavy atom. The highest BCUT2D eigenvalue weighted by Crippen LogP contribution is 2.26. The summed E-state index contributed by atoms with van der Waals surface area (Å²) in [6, 6.07) is 5.44. The minimum absolute atomic E-state index is 0.128. The van der Waals surface area contributed by atoms with Crippen molar-refractivity contribution in [1.82, 2.24) is 4.90 Å². The molecule has 0 aliphatic carbocycles. The highest BCUT2D eigenvalue weighted by Gasteiger charge is 2.20. The number of hydrogen-bond donors (Lipinski definition) is 1. The molecule has 1 aliphatic heterocycles. The molecule has 1 aromatic carbocycles. The first-order valence-corrected chi connectivity index (χ1v) is 6.88. The normalized spacial score (nSPS) is 14.8. The number of nitrogens with zero attached hydrogens (tertiary/aromatic N) is 2. The van der Waals surface area contributed by atoms with Gasteiger partial charge in [-0.3, -0.25) is 4.79 Å². The summed E-state index contributed by atoms with van der Waals surface area (Å²) in [4.78, 5) is 15.8. The van der Waals surface area contributed by atoms with Crippen LogP contribution in [0, 0.1) is 0 Å². The van der Waals surface area contributed by atoms with E-state index in [1.807, 2.05) is 29.0 Å². The number of benzene rings is 1. The van der Waals surface area contributed by atoms with Crippen LogP contribution in [0.4, 0.5) is 5.69 Å². The molecule has 0 atom stereocenters. The van der Waals surface area contributed by atoms with Crippen molar-refractivity contribution in [2.24, 2.45) is 0 Å². The van der Waals surface area contributed by atoms with Gasteiger partial charge in [-0.25, -0.2) is 0 Å². The van der Waals surface area contributed by atoms with Gasteiger partial charge in [0.15, 0.2) is 0 Å². The number of likely N-dealkylation sites (tertiary alicyclic amines) is 1. The second-order valence-corrected chi connectivity index (χ2v) is 5.25. The Labute approximate surface area is 118 Å². The predicted molar refractivity (Wildman–Crippen MR) is 76.5 cm³/mol. The van der Waals surface area contributed by atoms with Gasteiger partial charge in [-0.05, 0) is 25.0 Å². The van der Waals surface area contributed by atoms with Crippen LogP contribution in [0.1, 0.15) is 18.4 Å². The van der Waals surface area contributed by atoms with E-state index in [9.17, 15) is 9.90 Å². The molecule has 0 saturated carbocycles. The number of likely N-dealkylation sites (N-methyl/N-ethyl adjacent to an activating group) is 1. The summed E-state index contributed by atoms with van der Waals surface area (Å²) >= 11 is 6.06. The fourth-order valence-electron chi connectivity index (χ4n) is 2.42. The van der Waals surface area contributed by atoms with Gasteiger partial charge in [0.2, 0.25) is 5.91 Å². The molecule has 104 valence electrons. The molecule has 0 radical (unpaired) electrons. The first-order chi connectivity index (χ1) is 9.13. The van der Waals surface area contributed by atoms with Crippen molar-refractivity contribution in [1.29, 1.82) is 0 Å². The number of carbonyl (C=O) groups is 1. The van der Waals surface area contributed by atoms with Gasteiger partial charge in [0.25, 0.3) is 0 Å². The summed E-state index contributed by atoms with van der Waals surface area (Å²) in [5, 5.41) is 9.92. The maximum atomic E-state index is 12.1. The molecule has 1 aromatic rings. The Kier molecular flexibility index (Phi) is 4.66. The Balaban J connectivity index is 2.09. The zero-order chi connectivity index (χ0) is 13.8. The SMILES string of the molecule is CN(CC(=O)N1CCCC1)c1cccc(Cl)c1CO. The molecule has 0 spiro atoms. The van der Waals surface area contributed by atoms with E-state index in [-0.39, 0.29) is 12.5 Å². The van der Waals surface area contributed by atoms with Gasteiger partial charge in [-0.2, -0.15) is 0 Å². The van der Waals surface area contributed by atoms with Crippen LogP contribution in [-0.4, -0.2) is 42.6 Å². The largest absolute Gasteiger partial charge is 0.392 e. The lowest BCUT2D eigenvalue weighted by molar-refractivity contribution is -0.128. The van der Waals surface area contributed by atoms with E-state index >= 15 is 0 Å². The Bertz CT molecular complexity index is 459.